The van der Waals surface area contributed by atoms with Crippen molar-refractivity contribution in [1.29, 1.82) is 0 Å². The Morgan fingerprint density at radius 2 is 2.04 bits per heavy atom. The third-order valence-electron chi connectivity index (χ3n) is 3.04. The van der Waals surface area contributed by atoms with Crippen molar-refractivity contribution in [3.63, 3.8) is 0 Å². The van der Waals surface area contributed by atoms with E-state index < -0.39 is 11.6 Å². The lowest BCUT2D eigenvalue weighted by atomic mass is 10.2. The highest BCUT2D eigenvalue weighted by atomic mass is 19.2. The van der Waals surface area contributed by atoms with Crippen molar-refractivity contribution in [2.45, 2.75) is 20.5 Å². The monoisotopic (exact) mass is 324 g/mol. The van der Waals surface area contributed by atoms with Gasteiger partial charge in [-0.1, -0.05) is 19.0 Å². The SMILES string of the molecule is CC(C)CN(C)C(=O)c1cc(COc2ccc(F)c(F)c2)on1. The Morgan fingerprint density at radius 3 is 2.70 bits per heavy atom. The maximum atomic E-state index is 13.1. The molecule has 7 heteroatoms. The largest absolute Gasteiger partial charge is 0.485 e. The zero-order chi connectivity index (χ0) is 17.0. The van der Waals surface area contributed by atoms with Gasteiger partial charge in [0.25, 0.3) is 5.91 Å². The summed E-state index contributed by atoms with van der Waals surface area (Å²) in [6.07, 6.45) is 0. The van der Waals surface area contributed by atoms with Gasteiger partial charge < -0.3 is 14.2 Å². The number of carbonyl (C=O) groups is 1. The molecule has 0 saturated heterocycles. The fraction of sp³-hybridized carbons (Fsp3) is 0.375. The molecule has 0 radical (unpaired) electrons. The van der Waals surface area contributed by atoms with Gasteiger partial charge in [-0.25, -0.2) is 8.78 Å². The molecule has 2 aromatic rings. The predicted molar refractivity (Wildman–Crippen MR) is 79.0 cm³/mol. The maximum absolute atomic E-state index is 13.1. The van der Waals surface area contributed by atoms with Crippen molar-refractivity contribution in [3.8, 4) is 5.75 Å². The van der Waals surface area contributed by atoms with Gasteiger partial charge in [0.05, 0.1) is 0 Å². The van der Waals surface area contributed by atoms with E-state index >= 15 is 0 Å². The number of hydrogen-bond donors (Lipinski definition) is 0. The highest BCUT2D eigenvalue weighted by Crippen LogP contribution is 2.17. The van der Waals surface area contributed by atoms with E-state index in [9.17, 15) is 13.6 Å². The molecular weight excluding hydrogens is 306 g/mol. The van der Waals surface area contributed by atoms with Crippen LogP contribution in [0.25, 0.3) is 0 Å². The van der Waals surface area contributed by atoms with Crippen LogP contribution in [0, 0.1) is 17.6 Å². The first-order chi connectivity index (χ1) is 10.9. The zero-order valence-electron chi connectivity index (χ0n) is 13.2. The van der Waals surface area contributed by atoms with Crippen LogP contribution in [0.5, 0.6) is 5.75 Å². The Bertz CT molecular complexity index is 686. The van der Waals surface area contributed by atoms with Crippen molar-refractivity contribution in [3.05, 3.63) is 47.4 Å². The van der Waals surface area contributed by atoms with Crippen molar-refractivity contribution in [2.24, 2.45) is 5.92 Å². The topological polar surface area (TPSA) is 55.6 Å². The minimum atomic E-state index is -0.994. The van der Waals surface area contributed by atoms with Gasteiger partial charge in [-0.15, -0.1) is 0 Å². The average molecular weight is 324 g/mol. The van der Waals surface area contributed by atoms with Crippen LogP contribution in [-0.2, 0) is 6.61 Å². The first kappa shape index (κ1) is 16.9. The highest BCUT2D eigenvalue weighted by Gasteiger charge is 2.18. The molecule has 0 atom stereocenters. The Morgan fingerprint density at radius 1 is 1.30 bits per heavy atom. The summed E-state index contributed by atoms with van der Waals surface area (Å²) in [7, 11) is 1.69. The number of benzene rings is 1. The standard InChI is InChI=1S/C16H18F2N2O3/c1-10(2)8-20(3)16(21)15-7-12(23-19-15)9-22-11-4-5-13(17)14(18)6-11/h4-7,10H,8-9H2,1-3H3. The molecule has 0 unspecified atom stereocenters. The summed E-state index contributed by atoms with van der Waals surface area (Å²) in [5, 5.41) is 3.71. The van der Waals surface area contributed by atoms with E-state index in [1.807, 2.05) is 13.8 Å². The summed E-state index contributed by atoms with van der Waals surface area (Å²) >= 11 is 0. The molecule has 0 aliphatic heterocycles. The molecule has 0 aliphatic carbocycles. The Kier molecular flexibility index (Phi) is 5.31. The smallest absolute Gasteiger partial charge is 0.275 e. The molecule has 0 N–H and O–H groups in total. The van der Waals surface area contributed by atoms with Gasteiger partial charge in [0.2, 0.25) is 0 Å². The molecule has 1 aromatic heterocycles. The van der Waals surface area contributed by atoms with E-state index in [0.717, 1.165) is 12.1 Å². The summed E-state index contributed by atoms with van der Waals surface area (Å²) in [4.78, 5) is 13.7. The number of nitrogens with zero attached hydrogens (tertiary/aromatic N) is 2. The first-order valence-electron chi connectivity index (χ1n) is 7.15. The second kappa shape index (κ2) is 7.21. The van der Waals surface area contributed by atoms with E-state index in [2.05, 4.69) is 5.16 Å². The van der Waals surface area contributed by atoms with E-state index in [-0.39, 0.29) is 24.0 Å². The van der Waals surface area contributed by atoms with Gasteiger partial charge in [-0.2, -0.15) is 0 Å². The van der Waals surface area contributed by atoms with Crippen LogP contribution >= 0.6 is 0 Å². The van der Waals surface area contributed by atoms with Crippen molar-refractivity contribution in [2.75, 3.05) is 13.6 Å². The summed E-state index contributed by atoms with van der Waals surface area (Å²) in [5.74, 6) is -1.38. The molecule has 5 nitrogen and oxygen atoms in total. The van der Waals surface area contributed by atoms with Crippen molar-refractivity contribution >= 4 is 5.91 Å². The number of halogens is 2. The van der Waals surface area contributed by atoms with Crippen LogP contribution in [0.3, 0.4) is 0 Å². The average Bonchev–Trinajstić information content (AvgIpc) is 2.96. The normalized spacial score (nSPS) is 10.9. The van der Waals surface area contributed by atoms with Crippen LogP contribution in [0.1, 0.15) is 30.1 Å². The quantitative estimate of drug-likeness (QED) is 0.818. The number of hydrogen-bond acceptors (Lipinski definition) is 4. The number of ether oxygens (including phenoxy) is 1. The molecule has 0 bridgehead atoms. The van der Waals surface area contributed by atoms with E-state index in [0.29, 0.717) is 18.2 Å². The molecule has 0 aliphatic rings. The summed E-state index contributed by atoms with van der Waals surface area (Å²) in [6, 6.07) is 4.69. The van der Waals surface area contributed by atoms with Crippen LogP contribution in [0.4, 0.5) is 8.78 Å². The second-order valence-corrected chi connectivity index (χ2v) is 5.62. The van der Waals surface area contributed by atoms with Gasteiger partial charge in [0.15, 0.2) is 23.1 Å². The number of carbonyl (C=O) groups excluding carboxylic acids is 1. The lowest BCUT2D eigenvalue weighted by molar-refractivity contribution is 0.0768. The van der Waals surface area contributed by atoms with Crippen LogP contribution in [-0.4, -0.2) is 29.6 Å². The van der Waals surface area contributed by atoms with Crippen LogP contribution in [0.15, 0.2) is 28.8 Å². The first-order valence-corrected chi connectivity index (χ1v) is 7.15. The van der Waals surface area contributed by atoms with Crippen LogP contribution < -0.4 is 4.74 Å². The molecule has 23 heavy (non-hydrogen) atoms. The molecule has 1 heterocycles. The van der Waals surface area contributed by atoms with Gasteiger partial charge in [-0.05, 0) is 18.1 Å². The molecule has 1 aromatic carbocycles. The van der Waals surface area contributed by atoms with E-state index in [1.54, 1.807) is 11.9 Å². The lowest BCUT2D eigenvalue weighted by Crippen LogP contribution is -2.30. The van der Waals surface area contributed by atoms with Gasteiger partial charge in [0.1, 0.15) is 12.4 Å². The lowest BCUT2D eigenvalue weighted by Gasteiger charge is -2.17. The Balaban J connectivity index is 1.96. The molecule has 1 amide bonds. The highest BCUT2D eigenvalue weighted by molar-refractivity contribution is 5.92. The Labute approximate surface area is 132 Å². The molecular formula is C16H18F2N2O3. The predicted octanol–water partition coefficient (Wildman–Crippen LogP) is 3.26. The van der Waals surface area contributed by atoms with Crippen LogP contribution in [0.2, 0.25) is 0 Å². The molecule has 124 valence electrons. The maximum Gasteiger partial charge on any atom is 0.275 e. The molecule has 0 saturated carbocycles. The fourth-order valence-corrected chi connectivity index (χ4v) is 2.03. The molecule has 0 spiro atoms. The minimum absolute atomic E-state index is 0.0424. The van der Waals surface area contributed by atoms with E-state index in [1.165, 1.54) is 12.1 Å². The summed E-state index contributed by atoms with van der Waals surface area (Å²) in [5.41, 5.74) is 0.178. The number of amides is 1. The van der Waals surface area contributed by atoms with Crippen molar-refractivity contribution in [1.82, 2.24) is 10.1 Å². The zero-order valence-corrected chi connectivity index (χ0v) is 13.2. The third-order valence-corrected chi connectivity index (χ3v) is 3.04. The summed E-state index contributed by atoms with van der Waals surface area (Å²) < 4.78 is 36.2. The molecule has 0 fully saturated rings. The van der Waals surface area contributed by atoms with E-state index in [4.69, 9.17) is 9.26 Å². The second-order valence-electron chi connectivity index (χ2n) is 5.62. The molecule has 2 rings (SSSR count). The Hall–Kier alpha value is -2.44. The summed E-state index contributed by atoms with van der Waals surface area (Å²) in [6.45, 7) is 4.58. The number of aromatic nitrogens is 1. The number of rotatable bonds is 6. The van der Waals surface area contributed by atoms with Gasteiger partial charge in [0, 0.05) is 25.7 Å². The van der Waals surface area contributed by atoms with Gasteiger partial charge >= 0.3 is 0 Å². The minimum Gasteiger partial charge on any atom is -0.485 e. The fourth-order valence-electron chi connectivity index (χ4n) is 2.03. The van der Waals surface area contributed by atoms with Crippen molar-refractivity contribution < 1.29 is 22.8 Å². The third kappa shape index (κ3) is 4.51. The van der Waals surface area contributed by atoms with Gasteiger partial charge in [-0.3, -0.25) is 4.79 Å².